The number of nitrogens with two attached hydrogens (primary N) is 1. The van der Waals surface area contributed by atoms with Crippen LogP contribution >= 0.6 is 0 Å². The molecule has 3 rings (SSSR count). The van der Waals surface area contributed by atoms with Crippen molar-refractivity contribution < 1.29 is 4.74 Å². The summed E-state index contributed by atoms with van der Waals surface area (Å²) in [6, 6.07) is 15.3. The summed E-state index contributed by atoms with van der Waals surface area (Å²) < 4.78 is 6.91. The van der Waals surface area contributed by atoms with E-state index in [9.17, 15) is 0 Å². The number of nitrogens with zero attached hydrogens (tertiary/aromatic N) is 4. The Balaban J connectivity index is 1.87. The fourth-order valence-electron chi connectivity index (χ4n) is 2.05. The van der Waals surface area contributed by atoms with E-state index >= 15 is 0 Å². The van der Waals surface area contributed by atoms with Crippen LogP contribution in [0.1, 0.15) is 5.56 Å². The van der Waals surface area contributed by atoms with Gasteiger partial charge in [0.2, 0.25) is 0 Å². The van der Waals surface area contributed by atoms with E-state index in [0.717, 1.165) is 28.4 Å². The molecule has 1 aromatic heterocycles. The highest BCUT2D eigenvalue weighted by molar-refractivity contribution is 5.56. The minimum absolute atomic E-state index is 0.592. The van der Waals surface area contributed by atoms with Gasteiger partial charge in [0.05, 0.1) is 13.7 Å². The number of nitrogen functional groups attached to an aromatic ring is 1. The number of rotatable bonds is 4. The number of ether oxygens (including phenoxy) is 1. The van der Waals surface area contributed by atoms with Crippen LogP contribution in [0.3, 0.4) is 0 Å². The summed E-state index contributed by atoms with van der Waals surface area (Å²) >= 11 is 0. The van der Waals surface area contributed by atoms with E-state index in [-0.39, 0.29) is 0 Å². The van der Waals surface area contributed by atoms with Crippen molar-refractivity contribution >= 4 is 5.69 Å². The molecule has 0 aliphatic carbocycles. The Labute approximate surface area is 122 Å². The largest absolute Gasteiger partial charge is 0.497 e. The Hall–Kier alpha value is -2.89. The zero-order valence-corrected chi connectivity index (χ0v) is 11.6. The highest BCUT2D eigenvalue weighted by atomic mass is 16.5. The van der Waals surface area contributed by atoms with E-state index in [2.05, 4.69) is 15.5 Å². The first-order valence-electron chi connectivity index (χ1n) is 6.51. The van der Waals surface area contributed by atoms with Gasteiger partial charge >= 0.3 is 0 Å². The molecule has 0 unspecified atom stereocenters. The Morgan fingerprint density at radius 1 is 1.05 bits per heavy atom. The molecule has 2 aromatic carbocycles. The van der Waals surface area contributed by atoms with E-state index < -0.39 is 0 Å². The summed E-state index contributed by atoms with van der Waals surface area (Å²) in [5.74, 6) is 1.52. The number of aromatic nitrogens is 4. The smallest absolute Gasteiger partial charge is 0.182 e. The predicted molar refractivity (Wildman–Crippen MR) is 79.8 cm³/mol. The molecule has 6 nitrogen and oxygen atoms in total. The first kappa shape index (κ1) is 13.1. The molecule has 0 bridgehead atoms. The second-order valence-electron chi connectivity index (χ2n) is 4.63. The Morgan fingerprint density at radius 2 is 1.76 bits per heavy atom. The van der Waals surface area contributed by atoms with Gasteiger partial charge < -0.3 is 10.5 Å². The number of hydrogen-bond acceptors (Lipinski definition) is 5. The van der Waals surface area contributed by atoms with Crippen LogP contribution in [0, 0.1) is 0 Å². The first-order valence-corrected chi connectivity index (χ1v) is 6.51. The lowest BCUT2D eigenvalue weighted by atomic mass is 10.2. The molecule has 0 atom stereocenters. The van der Waals surface area contributed by atoms with Crippen LogP contribution in [-0.2, 0) is 6.54 Å². The van der Waals surface area contributed by atoms with Gasteiger partial charge in [0.1, 0.15) is 5.75 Å². The quantitative estimate of drug-likeness (QED) is 0.740. The van der Waals surface area contributed by atoms with Gasteiger partial charge in [-0.3, -0.25) is 0 Å². The average Bonchev–Trinajstić information content (AvgIpc) is 2.98. The van der Waals surface area contributed by atoms with Crippen molar-refractivity contribution in [1.82, 2.24) is 20.2 Å². The number of anilines is 1. The predicted octanol–water partition coefficient (Wildman–Crippen LogP) is 1.98. The summed E-state index contributed by atoms with van der Waals surface area (Å²) in [7, 11) is 1.64. The molecular formula is C15H15N5O. The SMILES string of the molecule is COc1ccc(-c2nnnn2Cc2ccc(N)cc2)cc1. The van der Waals surface area contributed by atoms with Crippen molar-refractivity contribution in [2.75, 3.05) is 12.8 Å². The van der Waals surface area contributed by atoms with Crippen LogP contribution in [0.5, 0.6) is 5.75 Å². The molecular weight excluding hydrogens is 266 g/mol. The third kappa shape index (κ3) is 2.84. The van der Waals surface area contributed by atoms with Crippen LogP contribution < -0.4 is 10.5 Å². The van der Waals surface area contributed by atoms with Crippen molar-refractivity contribution in [3.63, 3.8) is 0 Å². The lowest BCUT2D eigenvalue weighted by Gasteiger charge is -2.06. The summed E-state index contributed by atoms with van der Waals surface area (Å²) in [6.07, 6.45) is 0. The molecule has 0 radical (unpaired) electrons. The van der Waals surface area contributed by atoms with Gasteiger partial charge in [-0.15, -0.1) is 5.10 Å². The van der Waals surface area contributed by atoms with Crippen LogP contribution in [0.2, 0.25) is 0 Å². The molecule has 0 aliphatic heterocycles. The molecule has 0 saturated heterocycles. The van der Waals surface area contributed by atoms with E-state index in [1.165, 1.54) is 0 Å². The minimum Gasteiger partial charge on any atom is -0.497 e. The molecule has 6 heteroatoms. The van der Waals surface area contributed by atoms with Crippen molar-refractivity contribution in [2.45, 2.75) is 6.54 Å². The van der Waals surface area contributed by atoms with Crippen molar-refractivity contribution in [3.8, 4) is 17.1 Å². The summed E-state index contributed by atoms with van der Waals surface area (Å²) in [5.41, 5.74) is 8.46. The van der Waals surface area contributed by atoms with Gasteiger partial charge in [-0.2, -0.15) is 0 Å². The van der Waals surface area contributed by atoms with Gasteiger partial charge in [0, 0.05) is 11.3 Å². The first-order chi connectivity index (χ1) is 10.3. The Bertz CT molecular complexity index is 719. The van der Waals surface area contributed by atoms with Gasteiger partial charge in [-0.25, -0.2) is 4.68 Å². The maximum absolute atomic E-state index is 5.69. The van der Waals surface area contributed by atoms with Crippen LogP contribution in [-0.4, -0.2) is 27.3 Å². The molecule has 0 saturated carbocycles. The van der Waals surface area contributed by atoms with Crippen molar-refractivity contribution in [1.29, 1.82) is 0 Å². The van der Waals surface area contributed by atoms with Crippen LogP contribution in [0.25, 0.3) is 11.4 Å². The van der Waals surface area contributed by atoms with Gasteiger partial charge in [0.15, 0.2) is 5.82 Å². The normalized spacial score (nSPS) is 10.5. The fraction of sp³-hybridized carbons (Fsp3) is 0.133. The molecule has 3 aromatic rings. The highest BCUT2D eigenvalue weighted by Crippen LogP contribution is 2.20. The van der Waals surface area contributed by atoms with Crippen molar-refractivity contribution in [3.05, 3.63) is 54.1 Å². The summed E-state index contributed by atoms with van der Waals surface area (Å²) in [6.45, 7) is 0.592. The van der Waals surface area contributed by atoms with E-state index in [0.29, 0.717) is 6.54 Å². The molecule has 106 valence electrons. The van der Waals surface area contributed by atoms with E-state index in [4.69, 9.17) is 10.5 Å². The molecule has 1 heterocycles. The average molecular weight is 281 g/mol. The zero-order valence-electron chi connectivity index (χ0n) is 11.6. The number of hydrogen-bond donors (Lipinski definition) is 1. The van der Waals surface area contributed by atoms with Gasteiger partial charge in [-0.05, 0) is 52.4 Å². The topological polar surface area (TPSA) is 78.9 Å². The van der Waals surface area contributed by atoms with Crippen LogP contribution in [0.4, 0.5) is 5.69 Å². The summed E-state index contributed by atoms with van der Waals surface area (Å²) in [4.78, 5) is 0. The zero-order chi connectivity index (χ0) is 14.7. The maximum Gasteiger partial charge on any atom is 0.182 e. The monoisotopic (exact) mass is 281 g/mol. The van der Waals surface area contributed by atoms with Crippen molar-refractivity contribution in [2.24, 2.45) is 0 Å². The molecule has 0 amide bonds. The molecule has 0 spiro atoms. The Morgan fingerprint density at radius 3 is 2.43 bits per heavy atom. The number of benzene rings is 2. The molecule has 0 fully saturated rings. The highest BCUT2D eigenvalue weighted by Gasteiger charge is 2.09. The molecule has 0 aliphatic rings. The fourth-order valence-corrected chi connectivity index (χ4v) is 2.05. The molecule has 2 N–H and O–H groups in total. The number of tetrazole rings is 1. The van der Waals surface area contributed by atoms with Crippen LogP contribution in [0.15, 0.2) is 48.5 Å². The second kappa shape index (κ2) is 5.62. The lowest BCUT2D eigenvalue weighted by molar-refractivity contribution is 0.415. The van der Waals surface area contributed by atoms with E-state index in [1.54, 1.807) is 11.8 Å². The number of methoxy groups -OCH3 is 1. The lowest BCUT2D eigenvalue weighted by Crippen LogP contribution is -2.04. The second-order valence-corrected chi connectivity index (χ2v) is 4.63. The van der Waals surface area contributed by atoms with E-state index in [1.807, 2.05) is 48.5 Å². The van der Waals surface area contributed by atoms with Gasteiger partial charge in [-0.1, -0.05) is 12.1 Å². The summed E-state index contributed by atoms with van der Waals surface area (Å²) in [5, 5.41) is 11.9. The minimum atomic E-state index is 0.592. The standard InChI is InChI=1S/C15H15N5O/c1-21-14-8-4-12(5-9-14)15-17-18-19-20(15)10-11-2-6-13(16)7-3-11/h2-9H,10,16H2,1H3. The third-order valence-corrected chi connectivity index (χ3v) is 3.19. The maximum atomic E-state index is 5.69. The third-order valence-electron chi connectivity index (χ3n) is 3.19. The molecule has 21 heavy (non-hydrogen) atoms. The van der Waals surface area contributed by atoms with Gasteiger partial charge in [0.25, 0.3) is 0 Å². The Kier molecular flexibility index (Phi) is 3.51.